The van der Waals surface area contributed by atoms with E-state index in [2.05, 4.69) is 48.6 Å². The zero-order valence-corrected chi connectivity index (χ0v) is 21.8. The van der Waals surface area contributed by atoms with Crippen LogP contribution in [0.15, 0.2) is 50.5 Å². The summed E-state index contributed by atoms with van der Waals surface area (Å²) in [6, 6.07) is 11.8. The zero-order chi connectivity index (χ0) is 22.4. The number of hydrogen-bond acceptors (Lipinski definition) is 5. The van der Waals surface area contributed by atoms with Crippen molar-refractivity contribution in [1.29, 1.82) is 0 Å². The topological polar surface area (TPSA) is 53.3 Å². The van der Waals surface area contributed by atoms with E-state index in [0.29, 0.717) is 18.8 Å². The summed E-state index contributed by atoms with van der Waals surface area (Å²) < 4.78 is 15.1. The van der Waals surface area contributed by atoms with E-state index in [1.54, 1.807) is 18.7 Å². The first-order valence-electron chi connectivity index (χ1n) is 10.2. The molecule has 0 fully saturated rings. The van der Waals surface area contributed by atoms with E-state index in [4.69, 9.17) is 14.5 Å². The number of hydrogen-bond donors (Lipinski definition) is 0. The van der Waals surface area contributed by atoms with Gasteiger partial charge in [-0.3, -0.25) is 0 Å². The van der Waals surface area contributed by atoms with Crippen molar-refractivity contribution < 1.29 is 14.3 Å². The average molecular weight is 570 g/mol. The maximum atomic E-state index is 12.1. The van der Waals surface area contributed by atoms with Gasteiger partial charge in [-0.2, -0.15) is 0 Å². The number of carbonyl (C=O) groups is 1. The third-order valence-corrected chi connectivity index (χ3v) is 6.46. The molecule has 0 bridgehead atoms. The Morgan fingerprint density at radius 1 is 1.16 bits per heavy atom. The van der Waals surface area contributed by atoms with E-state index in [9.17, 15) is 4.79 Å². The minimum Gasteiger partial charge on any atom is -0.462 e. The van der Waals surface area contributed by atoms with Crippen molar-refractivity contribution in [2.24, 2.45) is 0 Å². The molecule has 2 aromatic carbocycles. The van der Waals surface area contributed by atoms with Crippen molar-refractivity contribution in [3.8, 4) is 0 Å². The number of benzene rings is 2. The lowest BCUT2D eigenvalue weighted by Gasteiger charge is -2.11. The van der Waals surface area contributed by atoms with E-state index in [0.717, 1.165) is 43.9 Å². The highest BCUT2D eigenvalue weighted by atomic mass is 79.9. The molecule has 1 heterocycles. The number of aryl methyl sites for hydroxylation is 1. The minimum atomic E-state index is -0.322. The third-order valence-electron chi connectivity index (χ3n) is 4.49. The van der Waals surface area contributed by atoms with Crippen LogP contribution in [-0.2, 0) is 21.8 Å². The Hall–Kier alpha value is -1.35. The monoisotopic (exact) mass is 568 g/mol. The second-order valence-electron chi connectivity index (χ2n) is 7.31. The summed E-state index contributed by atoms with van der Waals surface area (Å²) in [7, 11) is 0. The molecule has 0 aliphatic rings. The van der Waals surface area contributed by atoms with Crippen molar-refractivity contribution in [2.75, 3.05) is 13.2 Å². The van der Waals surface area contributed by atoms with Gasteiger partial charge >= 0.3 is 5.97 Å². The van der Waals surface area contributed by atoms with Gasteiger partial charge < -0.3 is 14.0 Å². The lowest BCUT2D eigenvalue weighted by atomic mass is 10.2. The summed E-state index contributed by atoms with van der Waals surface area (Å²) in [5, 5.41) is 0.927. The predicted molar refractivity (Wildman–Crippen MR) is 133 cm³/mol. The van der Waals surface area contributed by atoms with Gasteiger partial charge in [0.15, 0.2) is 5.16 Å². The molecule has 0 atom stereocenters. The molecule has 0 radical (unpaired) electrons. The molecular weight excluding hydrogens is 544 g/mol. The van der Waals surface area contributed by atoms with Gasteiger partial charge in [-0.1, -0.05) is 43.6 Å². The number of aromatic nitrogens is 2. The number of ether oxygens (including phenoxy) is 2. The van der Waals surface area contributed by atoms with Crippen LogP contribution in [0.3, 0.4) is 0 Å². The Kier molecular flexibility index (Phi) is 9.01. The number of rotatable bonds is 10. The first-order valence-corrected chi connectivity index (χ1v) is 12.8. The Labute approximate surface area is 204 Å². The van der Waals surface area contributed by atoms with E-state index in [1.807, 2.05) is 38.1 Å². The van der Waals surface area contributed by atoms with Gasteiger partial charge in [0.05, 0.1) is 29.3 Å². The largest absolute Gasteiger partial charge is 0.462 e. The van der Waals surface area contributed by atoms with E-state index in [1.165, 1.54) is 5.56 Å². The molecule has 0 N–H and O–H groups in total. The van der Waals surface area contributed by atoms with E-state index >= 15 is 0 Å². The van der Waals surface area contributed by atoms with Crippen LogP contribution in [0.4, 0.5) is 0 Å². The van der Waals surface area contributed by atoms with Gasteiger partial charge in [0.25, 0.3) is 0 Å². The van der Waals surface area contributed by atoms with Crippen molar-refractivity contribution >= 4 is 60.6 Å². The van der Waals surface area contributed by atoms with Crippen LogP contribution in [0.2, 0.25) is 0 Å². The van der Waals surface area contributed by atoms with Gasteiger partial charge in [0.2, 0.25) is 0 Å². The molecule has 3 aromatic rings. The molecule has 0 saturated heterocycles. The third kappa shape index (κ3) is 6.81. The maximum absolute atomic E-state index is 12.1. The Balaban J connectivity index is 1.86. The first-order chi connectivity index (χ1) is 14.9. The summed E-state index contributed by atoms with van der Waals surface area (Å²) in [5.74, 6) is 0.465. The number of imidazole rings is 1. The van der Waals surface area contributed by atoms with Crippen molar-refractivity contribution in [2.45, 2.75) is 50.8 Å². The van der Waals surface area contributed by atoms with Crippen LogP contribution >= 0.6 is 43.6 Å². The molecule has 1 aromatic heterocycles. The first kappa shape index (κ1) is 24.3. The molecular formula is C23H26Br2N2O3S. The standard InChI is InChI=1S/C23H26Br2N2O3S/c1-4-29-22(28)17-6-7-21-20(12-17)26-23(27(21)8-5-9-30-15(2)3)31-14-16-10-18(24)13-19(25)11-16/h6-7,10-13,15H,4-5,8-9,14H2,1-3H3. The average Bonchev–Trinajstić information content (AvgIpc) is 3.05. The highest BCUT2D eigenvalue weighted by molar-refractivity contribution is 9.11. The number of carbonyl (C=O) groups excluding carboxylic acids is 1. The fourth-order valence-corrected chi connectivity index (χ4v) is 5.52. The number of halogens is 2. The van der Waals surface area contributed by atoms with Gasteiger partial charge in [-0.25, -0.2) is 9.78 Å². The maximum Gasteiger partial charge on any atom is 0.338 e. The van der Waals surface area contributed by atoms with Gasteiger partial charge in [-0.05, 0) is 69.2 Å². The Bertz CT molecular complexity index is 1030. The Morgan fingerprint density at radius 2 is 1.90 bits per heavy atom. The van der Waals surface area contributed by atoms with Gasteiger partial charge in [-0.15, -0.1) is 0 Å². The van der Waals surface area contributed by atoms with E-state index in [-0.39, 0.29) is 12.1 Å². The molecule has 31 heavy (non-hydrogen) atoms. The molecule has 5 nitrogen and oxygen atoms in total. The van der Waals surface area contributed by atoms with Crippen LogP contribution in [-0.4, -0.2) is 34.8 Å². The van der Waals surface area contributed by atoms with Crippen molar-refractivity contribution in [1.82, 2.24) is 9.55 Å². The fourth-order valence-electron chi connectivity index (χ4n) is 3.16. The molecule has 0 aliphatic carbocycles. The van der Waals surface area contributed by atoms with Crippen LogP contribution in [0.25, 0.3) is 11.0 Å². The molecule has 0 spiro atoms. The van der Waals surface area contributed by atoms with Crippen LogP contribution in [0.5, 0.6) is 0 Å². The summed E-state index contributed by atoms with van der Waals surface area (Å²) in [6.07, 6.45) is 1.11. The van der Waals surface area contributed by atoms with Crippen molar-refractivity contribution in [3.63, 3.8) is 0 Å². The lowest BCUT2D eigenvalue weighted by Crippen LogP contribution is -2.08. The fraction of sp³-hybridized carbons (Fsp3) is 0.391. The van der Waals surface area contributed by atoms with Crippen LogP contribution in [0, 0.1) is 0 Å². The number of nitrogens with zero attached hydrogens (tertiary/aromatic N) is 2. The predicted octanol–water partition coefficient (Wildman–Crippen LogP) is 6.85. The second-order valence-corrected chi connectivity index (χ2v) is 10.1. The summed E-state index contributed by atoms with van der Waals surface area (Å²) in [5.41, 5.74) is 3.53. The molecule has 0 aliphatic heterocycles. The van der Waals surface area contributed by atoms with Gasteiger partial charge in [0.1, 0.15) is 0 Å². The summed E-state index contributed by atoms with van der Waals surface area (Å²) in [4.78, 5) is 17.0. The molecule has 0 unspecified atom stereocenters. The molecule has 166 valence electrons. The number of esters is 1. The molecule has 3 rings (SSSR count). The smallest absolute Gasteiger partial charge is 0.338 e. The normalized spacial score (nSPS) is 11.4. The summed E-state index contributed by atoms with van der Waals surface area (Å²) >= 11 is 8.79. The summed E-state index contributed by atoms with van der Waals surface area (Å²) in [6.45, 7) is 7.74. The number of thioether (sulfide) groups is 1. The lowest BCUT2D eigenvalue weighted by molar-refractivity contribution is 0.0526. The van der Waals surface area contributed by atoms with Crippen molar-refractivity contribution in [3.05, 3.63) is 56.5 Å². The van der Waals surface area contributed by atoms with Crippen LogP contribution < -0.4 is 0 Å². The quantitative estimate of drug-likeness (QED) is 0.152. The molecule has 8 heteroatoms. The van der Waals surface area contributed by atoms with E-state index < -0.39 is 0 Å². The Morgan fingerprint density at radius 3 is 2.58 bits per heavy atom. The highest BCUT2D eigenvalue weighted by Gasteiger charge is 2.15. The molecule has 0 amide bonds. The molecule has 0 saturated carbocycles. The minimum absolute atomic E-state index is 0.218. The van der Waals surface area contributed by atoms with Gasteiger partial charge in [0, 0.05) is 27.8 Å². The zero-order valence-electron chi connectivity index (χ0n) is 17.9. The highest BCUT2D eigenvalue weighted by Crippen LogP contribution is 2.30. The SMILES string of the molecule is CCOC(=O)c1ccc2c(c1)nc(SCc1cc(Br)cc(Br)c1)n2CCCOC(C)C. The second kappa shape index (κ2) is 11.5. The number of fused-ring (bicyclic) bond motifs is 1. The van der Waals surface area contributed by atoms with Crippen LogP contribution in [0.1, 0.15) is 43.1 Å².